The molecular weight excluding hydrogens is 334 g/mol. The van der Waals surface area contributed by atoms with E-state index >= 15 is 0 Å². The predicted molar refractivity (Wildman–Crippen MR) is 102 cm³/mol. The Bertz CT molecular complexity index is 956. The highest BCUT2D eigenvalue weighted by molar-refractivity contribution is 7.22. The van der Waals surface area contributed by atoms with Crippen LogP contribution in [0.3, 0.4) is 0 Å². The number of aromatic nitrogens is 3. The molecule has 2 aromatic heterocycles. The number of hydrogen-bond acceptors (Lipinski definition) is 5. The van der Waals surface area contributed by atoms with Crippen molar-refractivity contribution in [1.82, 2.24) is 20.1 Å². The molecule has 0 aliphatic heterocycles. The maximum absolute atomic E-state index is 12.7. The number of benzene rings is 1. The molecule has 7 heteroatoms. The lowest BCUT2D eigenvalue weighted by Crippen LogP contribution is -2.27. The number of rotatable bonds is 4. The molecule has 0 aliphatic rings. The molecule has 2 heterocycles. The largest absolute Gasteiger partial charge is 0.375 e. The fourth-order valence-corrected chi connectivity index (χ4v) is 4.19. The van der Waals surface area contributed by atoms with Gasteiger partial charge in [-0.25, -0.2) is 4.98 Å². The SMILES string of the molecule is CCn1nc(C)c(C(C)NC(=O)c2cc(C)c3nc(N)sc3c2)c1C. The average Bonchev–Trinajstić information content (AvgIpc) is 3.06. The molecule has 0 aliphatic carbocycles. The van der Waals surface area contributed by atoms with Gasteiger partial charge in [-0.2, -0.15) is 5.10 Å². The third-order valence-corrected chi connectivity index (χ3v) is 5.31. The second kappa shape index (κ2) is 6.48. The first-order valence-corrected chi connectivity index (χ1v) is 9.14. The first kappa shape index (κ1) is 17.4. The minimum absolute atomic E-state index is 0.104. The van der Waals surface area contributed by atoms with Gasteiger partial charge in [0.25, 0.3) is 5.91 Å². The number of carbonyl (C=O) groups excluding carboxylic acids is 1. The van der Waals surface area contributed by atoms with Crippen molar-refractivity contribution in [3.05, 3.63) is 40.2 Å². The summed E-state index contributed by atoms with van der Waals surface area (Å²) < 4.78 is 2.89. The van der Waals surface area contributed by atoms with Crippen LogP contribution in [0, 0.1) is 20.8 Å². The number of nitrogens with two attached hydrogens (primary N) is 1. The molecule has 0 bridgehead atoms. The van der Waals surface area contributed by atoms with Gasteiger partial charge in [-0.3, -0.25) is 9.48 Å². The monoisotopic (exact) mass is 357 g/mol. The number of hydrogen-bond donors (Lipinski definition) is 2. The third kappa shape index (κ3) is 3.11. The molecule has 1 unspecified atom stereocenters. The maximum atomic E-state index is 12.7. The van der Waals surface area contributed by atoms with E-state index < -0.39 is 0 Å². The lowest BCUT2D eigenvalue weighted by Gasteiger charge is -2.15. The molecule has 1 aromatic carbocycles. The van der Waals surface area contributed by atoms with Gasteiger partial charge in [-0.05, 0) is 52.3 Å². The van der Waals surface area contributed by atoms with E-state index in [1.807, 2.05) is 44.5 Å². The Hall–Kier alpha value is -2.41. The van der Waals surface area contributed by atoms with Gasteiger partial charge in [0, 0.05) is 23.4 Å². The number of thiazole rings is 1. The van der Waals surface area contributed by atoms with Gasteiger partial charge in [0.05, 0.1) is 22.0 Å². The van der Waals surface area contributed by atoms with Crippen LogP contribution >= 0.6 is 11.3 Å². The van der Waals surface area contributed by atoms with Gasteiger partial charge in [-0.1, -0.05) is 11.3 Å². The fraction of sp³-hybridized carbons (Fsp3) is 0.389. The van der Waals surface area contributed by atoms with Crippen LogP contribution in [0.5, 0.6) is 0 Å². The summed E-state index contributed by atoms with van der Waals surface area (Å²) in [6.07, 6.45) is 0. The minimum Gasteiger partial charge on any atom is -0.375 e. The van der Waals surface area contributed by atoms with E-state index in [0.717, 1.165) is 39.3 Å². The van der Waals surface area contributed by atoms with Crippen molar-refractivity contribution in [3.63, 3.8) is 0 Å². The van der Waals surface area contributed by atoms with Gasteiger partial charge in [0.1, 0.15) is 0 Å². The van der Waals surface area contributed by atoms with Gasteiger partial charge in [0.15, 0.2) is 5.13 Å². The van der Waals surface area contributed by atoms with E-state index in [0.29, 0.717) is 10.7 Å². The van der Waals surface area contributed by atoms with Crippen molar-refractivity contribution in [2.75, 3.05) is 5.73 Å². The molecule has 6 nitrogen and oxygen atoms in total. The van der Waals surface area contributed by atoms with Crippen LogP contribution in [-0.4, -0.2) is 20.7 Å². The van der Waals surface area contributed by atoms with Crippen LogP contribution in [0.2, 0.25) is 0 Å². The molecule has 0 saturated carbocycles. The average molecular weight is 357 g/mol. The lowest BCUT2D eigenvalue weighted by molar-refractivity contribution is 0.0940. The van der Waals surface area contributed by atoms with E-state index in [1.54, 1.807) is 0 Å². The number of nitrogens with zero attached hydrogens (tertiary/aromatic N) is 3. The van der Waals surface area contributed by atoms with E-state index in [-0.39, 0.29) is 11.9 Å². The normalized spacial score (nSPS) is 12.5. The maximum Gasteiger partial charge on any atom is 0.251 e. The standard InChI is InChI=1S/C18H23N5OS/c1-6-23-12(5)15(11(4)22-23)10(3)20-17(24)13-7-9(2)16-14(8-13)25-18(19)21-16/h7-8,10H,6H2,1-5H3,(H2,19,21)(H,20,24). The topological polar surface area (TPSA) is 85.8 Å². The second-order valence-corrected chi connectivity index (χ2v) is 7.35. The summed E-state index contributed by atoms with van der Waals surface area (Å²) in [6.45, 7) is 10.8. The highest BCUT2D eigenvalue weighted by Gasteiger charge is 2.20. The second-order valence-electron chi connectivity index (χ2n) is 6.29. The number of fused-ring (bicyclic) bond motifs is 1. The van der Waals surface area contributed by atoms with Crippen LogP contribution in [0.15, 0.2) is 12.1 Å². The zero-order chi connectivity index (χ0) is 18.3. The van der Waals surface area contributed by atoms with Gasteiger partial charge >= 0.3 is 0 Å². The van der Waals surface area contributed by atoms with E-state index in [9.17, 15) is 4.79 Å². The summed E-state index contributed by atoms with van der Waals surface area (Å²) >= 11 is 1.40. The number of carbonyl (C=O) groups is 1. The Morgan fingerprint density at radius 3 is 2.72 bits per heavy atom. The smallest absolute Gasteiger partial charge is 0.251 e. The highest BCUT2D eigenvalue weighted by atomic mass is 32.1. The summed E-state index contributed by atoms with van der Waals surface area (Å²) in [5, 5.41) is 8.14. The third-order valence-electron chi connectivity index (χ3n) is 4.48. The van der Waals surface area contributed by atoms with Gasteiger partial charge in [-0.15, -0.1) is 0 Å². The van der Waals surface area contributed by atoms with Crippen LogP contribution in [0.25, 0.3) is 10.2 Å². The number of amides is 1. The molecule has 3 rings (SSSR count). The quantitative estimate of drug-likeness (QED) is 0.748. The predicted octanol–water partition coefficient (Wildman–Crippen LogP) is 3.51. The summed E-state index contributed by atoms with van der Waals surface area (Å²) in [7, 11) is 0. The molecule has 3 aromatic rings. The molecule has 0 radical (unpaired) electrons. The fourth-order valence-electron chi connectivity index (χ4n) is 3.34. The molecule has 25 heavy (non-hydrogen) atoms. The molecule has 1 atom stereocenters. The van der Waals surface area contributed by atoms with Crippen molar-refractivity contribution >= 4 is 32.6 Å². The van der Waals surface area contributed by atoms with E-state index in [4.69, 9.17) is 5.73 Å². The van der Waals surface area contributed by atoms with Crippen molar-refractivity contribution in [1.29, 1.82) is 0 Å². The molecule has 0 spiro atoms. The Morgan fingerprint density at radius 1 is 1.36 bits per heavy atom. The molecule has 3 N–H and O–H groups in total. The van der Waals surface area contributed by atoms with Gasteiger partial charge < -0.3 is 11.1 Å². The lowest BCUT2D eigenvalue weighted by atomic mass is 10.0. The number of anilines is 1. The Kier molecular flexibility index (Phi) is 4.51. The summed E-state index contributed by atoms with van der Waals surface area (Å²) in [6, 6.07) is 3.60. The number of nitrogen functional groups attached to an aromatic ring is 1. The Labute approximate surface area is 151 Å². The van der Waals surface area contributed by atoms with E-state index in [2.05, 4.69) is 22.3 Å². The molecule has 132 valence electrons. The minimum atomic E-state index is -0.115. The summed E-state index contributed by atoms with van der Waals surface area (Å²) in [5.74, 6) is -0.104. The van der Waals surface area contributed by atoms with Crippen molar-refractivity contribution in [3.8, 4) is 0 Å². The summed E-state index contributed by atoms with van der Waals surface area (Å²) in [5.41, 5.74) is 11.4. The van der Waals surface area contributed by atoms with Crippen LogP contribution in [0.4, 0.5) is 5.13 Å². The zero-order valence-corrected chi connectivity index (χ0v) is 16.0. The zero-order valence-electron chi connectivity index (χ0n) is 15.2. The molecule has 0 fully saturated rings. The van der Waals surface area contributed by atoms with Crippen LogP contribution < -0.4 is 11.1 Å². The van der Waals surface area contributed by atoms with Crippen molar-refractivity contribution in [2.24, 2.45) is 0 Å². The molecular formula is C18H23N5OS. The Balaban J connectivity index is 1.88. The van der Waals surface area contributed by atoms with Gasteiger partial charge in [0.2, 0.25) is 0 Å². The van der Waals surface area contributed by atoms with Crippen molar-refractivity contribution in [2.45, 2.75) is 47.2 Å². The number of aryl methyl sites for hydroxylation is 3. The molecule has 1 amide bonds. The number of nitrogens with one attached hydrogen (secondary N) is 1. The summed E-state index contributed by atoms with van der Waals surface area (Å²) in [4.78, 5) is 17.1. The Morgan fingerprint density at radius 2 is 2.08 bits per heavy atom. The van der Waals surface area contributed by atoms with Crippen LogP contribution in [0.1, 0.15) is 52.8 Å². The van der Waals surface area contributed by atoms with Crippen LogP contribution in [-0.2, 0) is 6.54 Å². The molecule has 0 saturated heterocycles. The van der Waals surface area contributed by atoms with E-state index in [1.165, 1.54) is 11.3 Å². The first-order chi connectivity index (χ1) is 11.8. The highest BCUT2D eigenvalue weighted by Crippen LogP contribution is 2.28. The van der Waals surface area contributed by atoms with Crippen molar-refractivity contribution < 1.29 is 4.79 Å². The first-order valence-electron chi connectivity index (χ1n) is 8.33.